The summed E-state index contributed by atoms with van der Waals surface area (Å²) < 4.78 is 20.4. The topological polar surface area (TPSA) is 128 Å². The van der Waals surface area contributed by atoms with Crippen molar-refractivity contribution >= 4 is 34.1 Å². The van der Waals surface area contributed by atoms with Crippen LogP contribution in [-0.2, 0) is 0 Å². The third kappa shape index (κ3) is 5.31. The fourth-order valence-corrected chi connectivity index (χ4v) is 4.00. The molecule has 0 spiro atoms. The van der Waals surface area contributed by atoms with Crippen molar-refractivity contribution in [2.24, 2.45) is 11.5 Å². The molecule has 0 radical (unpaired) electrons. The molecular weight excluding hydrogens is 423 g/mol. The van der Waals surface area contributed by atoms with Gasteiger partial charge in [-0.15, -0.1) is 0 Å². The molecule has 33 heavy (non-hydrogen) atoms. The average Bonchev–Trinajstić information content (AvgIpc) is 2.80. The fraction of sp³-hybridized carbons (Fsp3) is 0.375. The molecule has 1 amide bonds. The molecule has 0 aliphatic heterocycles. The van der Waals surface area contributed by atoms with Crippen molar-refractivity contribution < 1.29 is 13.9 Å². The normalized spacial score (nSPS) is 18.2. The molecule has 6 N–H and O–H groups in total. The number of ether oxygens (including phenoxy) is 1. The number of rotatable bonds is 8. The van der Waals surface area contributed by atoms with Gasteiger partial charge in [-0.2, -0.15) is 0 Å². The van der Waals surface area contributed by atoms with Crippen molar-refractivity contribution in [3.05, 3.63) is 47.9 Å². The smallest absolute Gasteiger partial charge is 0.252 e. The molecule has 0 unspecified atom stereocenters. The van der Waals surface area contributed by atoms with Gasteiger partial charge in [0.15, 0.2) is 11.6 Å². The summed E-state index contributed by atoms with van der Waals surface area (Å²) in [5.74, 6) is -0.485. The first kappa shape index (κ1) is 22.7. The summed E-state index contributed by atoms with van der Waals surface area (Å²) >= 11 is 0. The summed E-state index contributed by atoms with van der Waals surface area (Å²) in [4.78, 5) is 20.8. The highest BCUT2D eigenvalue weighted by atomic mass is 19.1. The van der Waals surface area contributed by atoms with Crippen LogP contribution in [0.25, 0.3) is 10.9 Å². The number of amides is 1. The van der Waals surface area contributed by atoms with Gasteiger partial charge in [0.2, 0.25) is 0 Å². The van der Waals surface area contributed by atoms with Crippen LogP contribution in [-0.4, -0.2) is 34.6 Å². The van der Waals surface area contributed by atoms with Crippen molar-refractivity contribution in [1.82, 2.24) is 9.97 Å². The highest BCUT2D eigenvalue weighted by Crippen LogP contribution is 2.28. The van der Waals surface area contributed by atoms with Crippen LogP contribution >= 0.6 is 0 Å². The van der Waals surface area contributed by atoms with Gasteiger partial charge in [-0.25, -0.2) is 9.37 Å². The van der Waals surface area contributed by atoms with E-state index in [-0.39, 0.29) is 29.3 Å². The van der Waals surface area contributed by atoms with Gasteiger partial charge in [0.25, 0.3) is 5.91 Å². The number of pyridine rings is 2. The number of aromatic nitrogens is 2. The Morgan fingerprint density at radius 1 is 1.21 bits per heavy atom. The second-order valence-electron chi connectivity index (χ2n) is 8.33. The number of anilines is 3. The lowest BCUT2D eigenvalue weighted by atomic mass is 9.91. The van der Waals surface area contributed by atoms with E-state index in [2.05, 4.69) is 20.6 Å². The summed E-state index contributed by atoms with van der Waals surface area (Å²) in [5, 5.41) is 7.05. The minimum atomic E-state index is -0.781. The number of primary amides is 1. The van der Waals surface area contributed by atoms with Crippen molar-refractivity contribution in [1.29, 1.82) is 0 Å². The van der Waals surface area contributed by atoms with Gasteiger partial charge < -0.3 is 26.8 Å². The van der Waals surface area contributed by atoms with Gasteiger partial charge in [0.1, 0.15) is 11.6 Å². The Morgan fingerprint density at radius 2 is 2.03 bits per heavy atom. The number of benzene rings is 1. The van der Waals surface area contributed by atoms with E-state index in [0.29, 0.717) is 12.3 Å². The third-order valence-corrected chi connectivity index (χ3v) is 5.77. The molecule has 9 heteroatoms. The first-order valence-corrected chi connectivity index (χ1v) is 11.3. The number of carbonyl (C=O) groups is 1. The maximum Gasteiger partial charge on any atom is 0.252 e. The van der Waals surface area contributed by atoms with Crippen molar-refractivity contribution in [3.63, 3.8) is 0 Å². The Balaban J connectivity index is 1.61. The number of nitrogens with zero attached hydrogens (tertiary/aromatic N) is 2. The van der Waals surface area contributed by atoms with Crippen LogP contribution in [0.1, 0.15) is 49.4 Å². The molecule has 2 heterocycles. The van der Waals surface area contributed by atoms with E-state index in [0.717, 1.165) is 54.8 Å². The molecule has 4 rings (SSSR count). The maximum absolute atomic E-state index is 14.7. The summed E-state index contributed by atoms with van der Waals surface area (Å²) in [5.41, 5.74) is 13.0. The molecule has 2 aromatic heterocycles. The van der Waals surface area contributed by atoms with Crippen molar-refractivity contribution in [2.75, 3.05) is 17.2 Å². The van der Waals surface area contributed by atoms with Gasteiger partial charge in [-0.05, 0) is 43.5 Å². The first-order chi connectivity index (χ1) is 15.9. The molecule has 1 aliphatic carbocycles. The van der Waals surface area contributed by atoms with E-state index < -0.39 is 11.7 Å². The van der Waals surface area contributed by atoms with Gasteiger partial charge in [-0.3, -0.25) is 9.78 Å². The molecule has 2 atom stereocenters. The van der Waals surface area contributed by atoms with E-state index in [4.69, 9.17) is 16.2 Å². The Bertz CT molecular complexity index is 1160. The van der Waals surface area contributed by atoms with Crippen LogP contribution in [0.4, 0.5) is 21.7 Å². The lowest BCUT2D eigenvalue weighted by Gasteiger charge is -2.30. The Kier molecular flexibility index (Phi) is 6.88. The standard InChI is InChI=1S/C24H29FN6O2/c1-2-9-33-16-8-7-14-10-15(13-28-21(14)11-16)29-23-17(22(27)32)12-18(25)24(31-23)30-20-6-4-3-5-19(20)26/h7-8,10-13,19-20H,2-6,9,26H2,1H3,(H2,27,32)(H2,29,30,31)/t19-,20+/m0/s1. The highest BCUT2D eigenvalue weighted by molar-refractivity contribution is 5.99. The highest BCUT2D eigenvalue weighted by Gasteiger charge is 2.24. The monoisotopic (exact) mass is 452 g/mol. The number of fused-ring (bicyclic) bond motifs is 1. The molecule has 0 bridgehead atoms. The number of hydrogen-bond acceptors (Lipinski definition) is 7. The molecule has 3 aromatic rings. The molecule has 1 aromatic carbocycles. The average molecular weight is 453 g/mol. The molecular formula is C24H29FN6O2. The van der Waals surface area contributed by atoms with Crippen LogP contribution in [0.3, 0.4) is 0 Å². The lowest BCUT2D eigenvalue weighted by Crippen LogP contribution is -2.43. The van der Waals surface area contributed by atoms with Crippen LogP contribution in [0.15, 0.2) is 36.5 Å². The molecule has 8 nitrogen and oxygen atoms in total. The largest absolute Gasteiger partial charge is 0.494 e. The SMILES string of the molecule is CCCOc1ccc2cc(Nc3nc(N[C@@H]4CCCC[C@@H]4N)c(F)cc3C(N)=O)cnc2c1. The summed E-state index contributed by atoms with van der Waals surface area (Å²) in [7, 11) is 0. The Hall–Kier alpha value is -3.46. The van der Waals surface area contributed by atoms with Gasteiger partial charge in [0, 0.05) is 23.5 Å². The fourth-order valence-electron chi connectivity index (χ4n) is 4.00. The zero-order chi connectivity index (χ0) is 23.4. The van der Waals surface area contributed by atoms with Gasteiger partial charge >= 0.3 is 0 Å². The number of nitrogens with one attached hydrogen (secondary N) is 2. The van der Waals surface area contributed by atoms with Gasteiger partial charge in [-0.1, -0.05) is 19.8 Å². The molecule has 1 aliphatic rings. The molecule has 0 saturated heterocycles. The minimum absolute atomic E-state index is 0.0383. The van der Waals surface area contributed by atoms with E-state index >= 15 is 0 Å². The summed E-state index contributed by atoms with van der Waals surface area (Å²) in [6.07, 6.45) is 6.32. The Labute approximate surface area is 191 Å². The number of nitrogens with two attached hydrogens (primary N) is 2. The maximum atomic E-state index is 14.7. The zero-order valence-corrected chi connectivity index (χ0v) is 18.6. The number of hydrogen-bond donors (Lipinski definition) is 4. The zero-order valence-electron chi connectivity index (χ0n) is 18.6. The minimum Gasteiger partial charge on any atom is -0.494 e. The van der Waals surface area contributed by atoms with Crippen LogP contribution in [0, 0.1) is 5.82 Å². The first-order valence-electron chi connectivity index (χ1n) is 11.3. The number of carbonyl (C=O) groups excluding carboxylic acids is 1. The third-order valence-electron chi connectivity index (χ3n) is 5.77. The molecule has 1 saturated carbocycles. The van der Waals surface area contributed by atoms with Gasteiger partial charge in [0.05, 0.1) is 29.6 Å². The van der Waals surface area contributed by atoms with Crippen LogP contribution in [0.2, 0.25) is 0 Å². The van der Waals surface area contributed by atoms with Crippen LogP contribution < -0.4 is 26.8 Å². The Morgan fingerprint density at radius 3 is 2.79 bits per heavy atom. The van der Waals surface area contributed by atoms with Crippen molar-refractivity contribution in [2.45, 2.75) is 51.1 Å². The van der Waals surface area contributed by atoms with E-state index in [1.807, 2.05) is 31.2 Å². The van der Waals surface area contributed by atoms with Crippen molar-refractivity contribution in [3.8, 4) is 5.75 Å². The van der Waals surface area contributed by atoms with E-state index in [1.165, 1.54) is 0 Å². The van der Waals surface area contributed by atoms with Crippen LogP contribution in [0.5, 0.6) is 5.75 Å². The molecule has 1 fully saturated rings. The van der Waals surface area contributed by atoms with E-state index in [9.17, 15) is 9.18 Å². The quantitative estimate of drug-likeness (QED) is 0.405. The lowest BCUT2D eigenvalue weighted by molar-refractivity contribution is 0.100. The predicted molar refractivity (Wildman–Crippen MR) is 127 cm³/mol. The molecule has 174 valence electrons. The second-order valence-corrected chi connectivity index (χ2v) is 8.33. The predicted octanol–water partition coefficient (Wildman–Crippen LogP) is 4.08. The van der Waals surface area contributed by atoms with E-state index in [1.54, 1.807) is 6.20 Å². The summed E-state index contributed by atoms with van der Waals surface area (Å²) in [6, 6.07) is 8.45. The second kappa shape index (κ2) is 9.99. The summed E-state index contributed by atoms with van der Waals surface area (Å²) in [6.45, 7) is 2.69. The number of halogens is 1.